The first-order chi connectivity index (χ1) is 5.22. The lowest BCUT2D eigenvalue weighted by molar-refractivity contribution is 0.453. The lowest BCUT2D eigenvalue weighted by atomic mass is 9.75. The summed E-state index contributed by atoms with van der Waals surface area (Å²) >= 11 is 0. The van der Waals surface area contributed by atoms with Crippen LogP contribution in [0.15, 0.2) is 23.3 Å². The van der Waals surface area contributed by atoms with E-state index in [1.54, 1.807) is 6.08 Å². The minimum atomic E-state index is -0.305. The van der Waals surface area contributed by atoms with Crippen molar-refractivity contribution >= 4 is 7.85 Å². The minimum absolute atomic E-state index is 0.125. The normalized spacial score (nSPS) is 38.3. The highest BCUT2D eigenvalue weighted by atomic mass is 19.1. The van der Waals surface area contributed by atoms with E-state index in [-0.39, 0.29) is 11.3 Å². The van der Waals surface area contributed by atoms with Gasteiger partial charge in [-0.25, -0.2) is 4.39 Å². The Hall–Kier alpha value is -0.925. The molecule has 11 heavy (non-hydrogen) atoms. The number of rotatable bonds is 0. The maximum atomic E-state index is 12.7. The number of dihydropyridines is 1. The van der Waals surface area contributed by atoms with Gasteiger partial charge in [-0.1, -0.05) is 0 Å². The Labute approximate surface area is 65.2 Å². The minimum Gasteiger partial charge on any atom is -0.365 e. The van der Waals surface area contributed by atoms with E-state index in [2.05, 4.69) is 5.32 Å². The standard InChI is InChI=1S/C7H6BFN2/c8-7-3-11(7)6-5(7)1-4(9)2-10-6/h1,10H,2-3H2. The molecule has 3 rings (SSSR count). The summed E-state index contributed by atoms with van der Waals surface area (Å²) in [6.45, 7) is 1.15. The van der Waals surface area contributed by atoms with Gasteiger partial charge in [-0.3, -0.25) is 0 Å². The van der Waals surface area contributed by atoms with Crippen LogP contribution in [0.5, 0.6) is 0 Å². The monoisotopic (exact) mass is 148 g/mol. The summed E-state index contributed by atoms with van der Waals surface area (Å²) in [7, 11) is 5.83. The molecule has 4 heteroatoms. The van der Waals surface area contributed by atoms with Crippen molar-refractivity contribution in [2.24, 2.45) is 0 Å². The van der Waals surface area contributed by atoms with Crippen molar-refractivity contribution in [1.82, 2.24) is 10.2 Å². The van der Waals surface area contributed by atoms with Gasteiger partial charge in [0, 0.05) is 17.6 Å². The van der Waals surface area contributed by atoms with Crippen molar-refractivity contribution in [1.29, 1.82) is 0 Å². The number of nitrogens with zero attached hydrogens (tertiary/aromatic N) is 1. The lowest BCUT2D eigenvalue weighted by Crippen LogP contribution is -2.42. The van der Waals surface area contributed by atoms with Crippen LogP contribution in [0.2, 0.25) is 0 Å². The number of hydrogen-bond acceptors (Lipinski definition) is 2. The third-order valence-corrected chi connectivity index (χ3v) is 2.49. The number of halogens is 1. The smallest absolute Gasteiger partial charge is 0.119 e. The summed E-state index contributed by atoms with van der Waals surface area (Å²) < 4.78 is 12.7. The molecule has 54 valence electrons. The van der Waals surface area contributed by atoms with E-state index in [4.69, 9.17) is 7.85 Å². The van der Waals surface area contributed by atoms with E-state index >= 15 is 0 Å². The molecule has 0 bridgehead atoms. The SMILES string of the molecule is [B]C12CN1C1=C2C=C(F)CN1. The summed E-state index contributed by atoms with van der Waals surface area (Å²) in [6, 6.07) is 0. The molecule has 1 N–H and O–H groups in total. The average Bonchev–Trinajstić information content (AvgIpc) is 2.58. The molecule has 1 unspecified atom stereocenters. The van der Waals surface area contributed by atoms with Gasteiger partial charge in [0.2, 0.25) is 0 Å². The Kier molecular flexibility index (Phi) is 0.689. The summed E-state index contributed by atoms with van der Waals surface area (Å²) in [5.74, 6) is 0.897. The zero-order chi connectivity index (χ0) is 7.64. The molecule has 3 heterocycles. The second kappa shape index (κ2) is 1.33. The zero-order valence-corrected chi connectivity index (χ0v) is 5.89. The van der Waals surface area contributed by atoms with Crippen LogP contribution < -0.4 is 5.32 Å². The molecular weight excluding hydrogens is 142 g/mol. The van der Waals surface area contributed by atoms with Gasteiger partial charge in [-0.15, -0.1) is 0 Å². The molecule has 1 atom stereocenters. The van der Waals surface area contributed by atoms with Crippen LogP contribution in [0.3, 0.4) is 0 Å². The van der Waals surface area contributed by atoms with Gasteiger partial charge in [0.25, 0.3) is 0 Å². The van der Waals surface area contributed by atoms with E-state index < -0.39 is 0 Å². The highest BCUT2D eigenvalue weighted by Crippen LogP contribution is 2.52. The second-order valence-corrected chi connectivity index (χ2v) is 3.22. The lowest BCUT2D eigenvalue weighted by Gasteiger charge is -2.34. The Balaban J connectivity index is 2.07. The van der Waals surface area contributed by atoms with Gasteiger partial charge in [0.15, 0.2) is 0 Å². The Morgan fingerprint density at radius 2 is 2.55 bits per heavy atom. The summed E-state index contributed by atoms with van der Waals surface area (Å²) in [4.78, 5) is 2.03. The number of hydrogen-bond donors (Lipinski definition) is 1. The second-order valence-electron chi connectivity index (χ2n) is 3.22. The molecule has 0 spiro atoms. The fourth-order valence-corrected chi connectivity index (χ4v) is 1.77. The topological polar surface area (TPSA) is 15.0 Å². The van der Waals surface area contributed by atoms with Gasteiger partial charge in [-0.2, -0.15) is 0 Å². The van der Waals surface area contributed by atoms with Gasteiger partial charge in [-0.05, 0) is 6.08 Å². The zero-order valence-electron chi connectivity index (χ0n) is 5.89. The van der Waals surface area contributed by atoms with Crippen molar-refractivity contribution < 1.29 is 4.39 Å². The molecule has 0 aromatic rings. The first kappa shape index (κ1) is 5.69. The highest BCUT2D eigenvalue weighted by molar-refractivity contribution is 6.22. The molecule has 0 aliphatic carbocycles. The highest BCUT2D eigenvalue weighted by Gasteiger charge is 2.60. The van der Waals surface area contributed by atoms with E-state index in [1.165, 1.54) is 0 Å². The van der Waals surface area contributed by atoms with Crippen LogP contribution in [-0.2, 0) is 0 Å². The molecule has 0 amide bonds. The third kappa shape index (κ3) is 0.470. The van der Waals surface area contributed by atoms with Crippen molar-refractivity contribution in [2.45, 2.75) is 5.44 Å². The van der Waals surface area contributed by atoms with Crippen molar-refractivity contribution in [3.8, 4) is 0 Å². The largest absolute Gasteiger partial charge is 0.365 e. The average molecular weight is 148 g/mol. The maximum absolute atomic E-state index is 12.7. The molecule has 0 saturated carbocycles. The number of fused-ring (bicyclic) bond motifs is 3. The van der Waals surface area contributed by atoms with Gasteiger partial charge in [0.1, 0.15) is 19.5 Å². The maximum Gasteiger partial charge on any atom is 0.119 e. The molecule has 2 nitrogen and oxygen atoms in total. The quantitative estimate of drug-likeness (QED) is 0.379. The fourth-order valence-electron chi connectivity index (χ4n) is 1.77. The first-order valence-corrected chi connectivity index (χ1v) is 3.63. The molecule has 0 aromatic carbocycles. The summed E-state index contributed by atoms with van der Waals surface area (Å²) in [5, 5.41) is 2.97. The van der Waals surface area contributed by atoms with Crippen molar-refractivity contribution in [3.63, 3.8) is 0 Å². The first-order valence-electron chi connectivity index (χ1n) is 3.63. The van der Waals surface area contributed by atoms with Crippen LogP contribution in [0.1, 0.15) is 0 Å². The predicted octanol–water partition coefficient (Wildman–Crippen LogP) is -0.151. The van der Waals surface area contributed by atoms with E-state index in [0.717, 1.165) is 17.9 Å². The van der Waals surface area contributed by atoms with Gasteiger partial charge < -0.3 is 10.2 Å². The molecule has 3 aliphatic heterocycles. The Morgan fingerprint density at radius 3 is 3.36 bits per heavy atom. The van der Waals surface area contributed by atoms with Crippen molar-refractivity contribution in [3.05, 3.63) is 23.3 Å². The predicted molar refractivity (Wildman–Crippen MR) is 39.4 cm³/mol. The van der Waals surface area contributed by atoms with Crippen LogP contribution in [0, 0.1) is 0 Å². The molecule has 2 radical (unpaired) electrons. The van der Waals surface area contributed by atoms with Gasteiger partial charge >= 0.3 is 0 Å². The third-order valence-electron chi connectivity index (χ3n) is 2.49. The molecule has 1 fully saturated rings. The van der Waals surface area contributed by atoms with Crippen molar-refractivity contribution in [2.75, 3.05) is 13.1 Å². The molecular formula is C7H6BFN2. The van der Waals surface area contributed by atoms with Crippen LogP contribution in [-0.4, -0.2) is 31.3 Å². The van der Waals surface area contributed by atoms with E-state index in [9.17, 15) is 4.39 Å². The number of nitrogens with one attached hydrogen (secondary N) is 1. The van der Waals surface area contributed by atoms with Crippen LogP contribution in [0.25, 0.3) is 0 Å². The Morgan fingerprint density at radius 1 is 1.73 bits per heavy atom. The Bertz CT molecular complexity index is 310. The summed E-state index contributed by atoms with van der Waals surface area (Å²) in [5.41, 5.74) is 0.626. The van der Waals surface area contributed by atoms with E-state index in [0.29, 0.717) is 6.54 Å². The molecule has 0 aromatic heterocycles. The summed E-state index contributed by atoms with van der Waals surface area (Å²) in [6.07, 6.45) is 1.55. The van der Waals surface area contributed by atoms with Crippen LogP contribution in [0.4, 0.5) is 4.39 Å². The van der Waals surface area contributed by atoms with Crippen LogP contribution >= 0.6 is 0 Å². The van der Waals surface area contributed by atoms with Gasteiger partial charge in [0.05, 0.1) is 6.54 Å². The fraction of sp³-hybridized carbons (Fsp3) is 0.429. The molecule has 1 saturated heterocycles. The van der Waals surface area contributed by atoms with E-state index in [1.807, 2.05) is 4.90 Å². The molecule has 3 aliphatic rings.